The van der Waals surface area contributed by atoms with E-state index < -0.39 is 0 Å². The van der Waals surface area contributed by atoms with Gasteiger partial charge in [-0.3, -0.25) is 9.78 Å². The molecule has 1 amide bonds. The Morgan fingerprint density at radius 1 is 1.35 bits per heavy atom. The minimum absolute atomic E-state index is 0.0606. The van der Waals surface area contributed by atoms with Crippen LogP contribution in [0.4, 0.5) is 0 Å². The lowest BCUT2D eigenvalue weighted by Crippen LogP contribution is -2.22. The number of benzene rings is 1. The second kappa shape index (κ2) is 7.43. The summed E-state index contributed by atoms with van der Waals surface area (Å²) in [4.78, 5) is 16.9. The molecule has 0 atom stereocenters. The molecule has 1 aromatic heterocycles. The van der Waals surface area contributed by atoms with Crippen molar-refractivity contribution >= 4 is 17.2 Å². The molecule has 0 spiro atoms. The van der Waals surface area contributed by atoms with Crippen molar-refractivity contribution in [3.63, 3.8) is 0 Å². The normalized spacial score (nSPS) is 9.65. The van der Waals surface area contributed by atoms with Gasteiger partial charge in [-0.1, -0.05) is 11.8 Å². The molecule has 0 saturated heterocycles. The maximum atomic E-state index is 11.9. The van der Waals surface area contributed by atoms with Gasteiger partial charge in [-0.25, -0.2) is 0 Å². The van der Waals surface area contributed by atoms with Gasteiger partial charge in [0.1, 0.15) is 0 Å². The first-order valence-electron chi connectivity index (χ1n) is 6.15. The van der Waals surface area contributed by atoms with E-state index in [1.54, 1.807) is 36.0 Å². The molecule has 1 aromatic carbocycles. The molecule has 0 radical (unpaired) electrons. The van der Waals surface area contributed by atoms with Gasteiger partial charge in [0.2, 0.25) is 0 Å². The van der Waals surface area contributed by atoms with Gasteiger partial charge in [0.25, 0.3) is 5.91 Å². The van der Waals surface area contributed by atoms with Crippen LogP contribution in [-0.2, 0) is 6.54 Å². The standard InChI is InChI=1S/C15H14N2O2S/c18-8-2-1-3-12-4-6-13(7-5-12)15(19)17-10-14-9-16-11-20-14/h4-7,9,11,18H,2,8,10H2,(H,17,19). The summed E-state index contributed by atoms with van der Waals surface area (Å²) in [5, 5.41) is 11.5. The number of aliphatic hydroxyl groups is 1. The number of rotatable bonds is 4. The monoisotopic (exact) mass is 286 g/mol. The van der Waals surface area contributed by atoms with Crippen LogP contribution < -0.4 is 5.32 Å². The summed E-state index contributed by atoms with van der Waals surface area (Å²) in [6, 6.07) is 7.08. The van der Waals surface area contributed by atoms with Crippen LogP contribution in [0.2, 0.25) is 0 Å². The van der Waals surface area contributed by atoms with Gasteiger partial charge in [-0.15, -0.1) is 11.3 Å². The van der Waals surface area contributed by atoms with Crippen LogP contribution in [0.1, 0.15) is 27.2 Å². The van der Waals surface area contributed by atoms with E-state index >= 15 is 0 Å². The molecule has 5 heteroatoms. The third-order valence-corrected chi connectivity index (χ3v) is 3.30. The van der Waals surface area contributed by atoms with Crippen LogP contribution in [-0.4, -0.2) is 22.6 Å². The quantitative estimate of drug-likeness (QED) is 0.843. The second-order valence-corrected chi connectivity index (χ2v) is 4.97. The number of carbonyl (C=O) groups is 1. The highest BCUT2D eigenvalue weighted by molar-refractivity contribution is 7.09. The summed E-state index contributed by atoms with van der Waals surface area (Å²) >= 11 is 1.51. The van der Waals surface area contributed by atoms with Crippen LogP contribution in [0.3, 0.4) is 0 Å². The number of hydrogen-bond donors (Lipinski definition) is 2. The van der Waals surface area contributed by atoms with E-state index in [2.05, 4.69) is 22.1 Å². The Kier molecular flexibility index (Phi) is 5.30. The van der Waals surface area contributed by atoms with Crippen LogP contribution in [0, 0.1) is 11.8 Å². The van der Waals surface area contributed by atoms with E-state index in [9.17, 15) is 4.79 Å². The maximum Gasteiger partial charge on any atom is 0.251 e. The number of hydrogen-bond acceptors (Lipinski definition) is 4. The molecule has 4 nitrogen and oxygen atoms in total. The van der Waals surface area contributed by atoms with Gasteiger partial charge in [-0.05, 0) is 24.3 Å². The number of aliphatic hydroxyl groups excluding tert-OH is 1. The highest BCUT2D eigenvalue weighted by atomic mass is 32.1. The van der Waals surface area contributed by atoms with Gasteiger partial charge in [0.15, 0.2) is 0 Å². The van der Waals surface area contributed by atoms with E-state index in [1.807, 2.05) is 0 Å². The first-order chi connectivity index (χ1) is 9.79. The lowest BCUT2D eigenvalue weighted by atomic mass is 10.1. The summed E-state index contributed by atoms with van der Waals surface area (Å²) in [6.45, 7) is 0.548. The van der Waals surface area contributed by atoms with Crippen molar-refractivity contribution in [2.75, 3.05) is 6.61 Å². The Hall–Kier alpha value is -2.16. The number of nitrogens with one attached hydrogen (secondary N) is 1. The molecule has 0 aliphatic carbocycles. The number of amides is 1. The lowest BCUT2D eigenvalue weighted by molar-refractivity contribution is 0.0951. The smallest absolute Gasteiger partial charge is 0.251 e. The average Bonchev–Trinajstić information content (AvgIpc) is 2.99. The Labute approximate surface area is 121 Å². The Morgan fingerprint density at radius 3 is 2.80 bits per heavy atom. The van der Waals surface area contributed by atoms with Crippen LogP contribution in [0.5, 0.6) is 0 Å². The third-order valence-electron chi connectivity index (χ3n) is 2.52. The van der Waals surface area contributed by atoms with E-state index in [-0.39, 0.29) is 12.5 Å². The number of thiazole rings is 1. The zero-order valence-corrected chi connectivity index (χ0v) is 11.6. The van der Waals surface area contributed by atoms with Crippen molar-refractivity contribution in [3.8, 4) is 11.8 Å². The van der Waals surface area contributed by atoms with Crippen molar-refractivity contribution < 1.29 is 9.90 Å². The highest BCUT2D eigenvalue weighted by Crippen LogP contribution is 2.07. The third kappa shape index (κ3) is 4.19. The van der Waals surface area contributed by atoms with E-state index in [0.717, 1.165) is 10.4 Å². The molecule has 0 fully saturated rings. The molecule has 2 aromatic rings. The fourth-order valence-corrected chi connectivity index (χ4v) is 2.06. The highest BCUT2D eigenvalue weighted by Gasteiger charge is 2.05. The van der Waals surface area contributed by atoms with Gasteiger partial charge in [-0.2, -0.15) is 0 Å². The fraction of sp³-hybridized carbons (Fsp3) is 0.200. The summed E-state index contributed by atoms with van der Waals surface area (Å²) in [7, 11) is 0. The van der Waals surface area contributed by atoms with Crippen molar-refractivity contribution in [2.45, 2.75) is 13.0 Å². The zero-order valence-electron chi connectivity index (χ0n) is 10.8. The number of aromatic nitrogens is 1. The van der Waals surface area contributed by atoms with Crippen molar-refractivity contribution in [2.24, 2.45) is 0 Å². The van der Waals surface area contributed by atoms with Gasteiger partial charge < -0.3 is 10.4 Å². The first kappa shape index (κ1) is 14.3. The molecule has 0 unspecified atom stereocenters. The topological polar surface area (TPSA) is 62.2 Å². The fourth-order valence-electron chi connectivity index (χ4n) is 1.52. The molecule has 0 aliphatic rings. The molecule has 0 bridgehead atoms. The minimum Gasteiger partial charge on any atom is -0.395 e. The predicted octanol–water partition coefficient (Wildman–Crippen LogP) is 1.81. The maximum absolute atomic E-state index is 11.9. The Bertz CT molecular complexity index is 610. The van der Waals surface area contributed by atoms with Crippen LogP contribution in [0.25, 0.3) is 0 Å². The lowest BCUT2D eigenvalue weighted by Gasteiger charge is -2.03. The molecular weight excluding hydrogens is 272 g/mol. The van der Waals surface area contributed by atoms with Gasteiger partial charge >= 0.3 is 0 Å². The van der Waals surface area contributed by atoms with Crippen LogP contribution >= 0.6 is 11.3 Å². The van der Waals surface area contributed by atoms with Crippen LogP contribution in [0.15, 0.2) is 36.0 Å². The average molecular weight is 286 g/mol. The molecule has 102 valence electrons. The van der Waals surface area contributed by atoms with Crippen molar-refractivity contribution in [1.29, 1.82) is 0 Å². The molecular formula is C15H14N2O2S. The Morgan fingerprint density at radius 2 is 2.15 bits per heavy atom. The summed E-state index contributed by atoms with van der Waals surface area (Å²) in [5.41, 5.74) is 3.17. The molecule has 0 saturated carbocycles. The predicted molar refractivity (Wildman–Crippen MR) is 78.3 cm³/mol. The Balaban J connectivity index is 1.92. The summed E-state index contributed by atoms with van der Waals surface area (Å²) in [5.74, 6) is 5.64. The zero-order chi connectivity index (χ0) is 14.2. The SMILES string of the molecule is O=C(NCc1cncs1)c1ccc(C#CCCO)cc1. The largest absolute Gasteiger partial charge is 0.395 e. The first-order valence-corrected chi connectivity index (χ1v) is 7.03. The van der Waals surface area contributed by atoms with Crippen molar-refractivity contribution in [1.82, 2.24) is 10.3 Å². The van der Waals surface area contributed by atoms with E-state index in [1.165, 1.54) is 11.3 Å². The van der Waals surface area contributed by atoms with E-state index in [0.29, 0.717) is 18.5 Å². The molecule has 20 heavy (non-hydrogen) atoms. The summed E-state index contributed by atoms with van der Waals surface area (Å²) < 4.78 is 0. The molecule has 2 rings (SSSR count). The van der Waals surface area contributed by atoms with E-state index in [4.69, 9.17) is 5.11 Å². The van der Waals surface area contributed by atoms with Gasteiger partial charge in [0, 0.05) is 28.6 Å². The molecule has 2 N–H and O–H groups in total. The number of nitrogens with zero attached hydrogens (tertiary/aromatic N) is 1. The van der Waals surface area contributed by atoms with Gasteiger partial charge in [0.05, 0.1) is 18.7 Å². The minimum atomic E-state index is -0.117. The molecule has 1 heterocycles. The molecule has 0 aliphatic heterocycles. The second-order valence-electron chi connectivity index (χ2n) is 4.00. The van der Waals surface area contributed by atoms with Crippen molar-refractivity contribution in [3.05, 3.63) is 52.0 Å². The summed E-state index contributed by atoms with van der Waals surface area (Å²) in [6.07, 6.45) is 2.20. The number of carbonyl (C=O) groups excluding carboxylic acids is 1.